The molecule has 4 rings (SSSR count). The second kappa shape index (κ2) is 8.80. The molecule has 0 fully saturated rings. The van der Waals surface area contributed by atoms with Crippen LogP contribution in [0.1, 0.15) is 11.1 Å². The van der Waals surface area contributed by atoms with Gasteiger partial charge in [0.05, 0.1) is 18.3 Å². The Labute approximate surface area is 186 Å². The van der Waals surface area contributed by atoms with Gasteiger partial charge in [-0.25, -0.2) is 13.8 Å². The number of nitrogens with one attached hydrogen (secondary N) is 1. The molecule has 7 nitrogen and oxygen atoms in total. The van der Waals surface area contributed by atoms with E-state index in [2.05, 4.69) is 5.32 Å². The Morgan fingerprint density at radius 1 is 1.12 bits per heavy atom. The van der Waals surface area contributed by atoms with E-state index in [0.717, 1.165) is 10.1 Å². The Kier molecular flexibility index (Phi) is 5.91. The van der Waals surface area contributed by atoms with Crippen molar-refractivity contribution in [1.82, 2.24) is 14.5 Å². The molecule has 0 saturated carbocycles. The monoisotopic (exact) mass is 453 g/mol. The highest BCUT2D eigenvalue weighted by atomic mass is 32.1. The standard InChI is InChI=1S/C23H20FN3O4S/c1-14-11-16(5-8-18(14)24)27-22(29)21-19(9-10-32-21)26(23(27)30)13-20(28)25-12-15-3-6-17(31-2)7-4-15/h3-11H,12-13H2,1-2H3,(H,25,28). The van der Waals surface area contributed by atoms with Crippen molar-refractivity contribution in [2.45, 2.75) is 20.0 Å². The number of ether oxygens (including phenoxy) is 1. The Bertz CT molecular complexity index is 1420. The van der Waals surface area contributed by atoms with Gasteiger partial charge < -0.3 is 10.1 Å². The van der Waals surface area contributed by atoms with Crippen molar-refractivity contribution in [1.29, 1.82) is 0 Å². The molecule has 2 aromatic heterocycles. The van der Waals surface area contributed by atoms with Crippen LogP contribution >= 0.6 is 11.3 Å². The van der Waals surface area contributed by atoms with Gasteiger partial charge in [-0.1, -0.05) is 12.1 Å². The van der Waals surface area contributed by atoms with Gasteiger partial charge in [0.1, 0.15) is 22.8 Å². The molecule has 0 aliphatic heterocycles. The highest BCUT2D eigenvalue weighted by molar-refractivity contribution is 7.17. The van der Waals surface area contributed by atoms with Crippen LogP contribution in [0.15, 0.2) is 63.5 Å². The van der Waals surface area contributed by atoms with Crippen molar-refractivity contribution in [3.8, 4) is 11.4 Å². The molecule has 164 valence electrons. The lowest BCUT2D eigenvalue weighted by Gasteiger charge is -2.13. The van der Waals surface area contributed by atoms with Crippen molar-refractivity contribution in [3.05, 3.63) is 91.7 Å². The first-order chi connectivity index (χ1) is 15.4. The summed E-state index contributed by atoms with van der Waals surface area (Å²) in [6, 6.07) is 12.9. The van der Waals surface area contributed by atoms with Gasteiger partial charge in [-0.2, -0.15) is 0 Å². The summed E-state index contributed by atoms with van der Waals surface area (Å²) in [5, 5.41) is 4.48. The molecule has 0 bridgehead atoms. The number of benzene rings is 2. The fourth-order valence-corrected chi connectivity index (χ4v) is 4.20. The molecule has 0 spiro atoms. The molecule has 9 heteroatoms. The first-order valence-electron chi connectivity index (χ1n) is 9.78. The molecule has 1 amide bonds. The number of amides is 1. The van der Waals surface area contributed by atoms with E-state index in [9.17, 15) is 18.8 Å². The van der Waals surface area contributed by atoms with E-state index < -0.39 is 17.1 Å². The van der Waals surface area contributed by atoms with Gasteiger partial charge in [0.25, 0.3) is 5.56 Å². The van der Waals surface area contributed by atoms with E-state index in [1.54, 1.807) is 37.6 Å². The Hall–Kier alpha value is -3.72. The average Bonchev–Trinajstić information content (AvgIpc) is 3.28. The second-order valence-electron chi connectivity index (χ2n) is 7.20. The van der Waals surface area contributed by atoms with E-state index >= 15 is 0 Å². The lowest BCUT2D eigenvalue weighted by atomic mass is 10.2. The van der Waals surface area contributed by atoms with Gasteiger partial charge in [-0.3, -0.25) is 14.2 Å². The van der Waals surface area contributed by atoms with E-state index in [-0.39, 0.29) is 24.7 Å². The third-order valence-corrected chi connectivity index (χ3v) is 6.00. The number of carbonyl (C=O) groups is 1. The number of fused-ring (bicyclic) bond motifs is 1. The number of aryl methyl sites for hydroxylation is 1. The summed E-state index contributed by atoms with van der Waals surface area (Å²) in [5.41, 5.74) is 0.663. The molecule has 0 aliphatic rings. The minimum Gasteiger partial charge on any atom is -0.497 e. The predicted octanol–water partition coefficient (Wildman–Crippen LogP) is 2.99. The molecule has 2 heterocycles. The lowest BCUT2D eigenvalue weighted by Crippen LogP contribution is -2.41. The summed E-state index contributed by atoms with van der Waals surface area (Å²) in [4.78, 5) is 38.8. The molecule has 0 atom stereocenters. The largest absolute Gasteiger partial charge is 0.497 e. The van der Waals surface area contributed by atoms with Crippen LogP contribution in [0.3, 0.4) is 0 Å². The minimum absolute atomic E-state index is 0.251. The third kappa shape index (κ3) is 4.06. The molecular weight excluding hydrogens is 433 g/mol. The van der Waals surface area contributed by atoms with Gasteiger partial charge >= 0.3 is 5.69 Å². The van der Waals surface area contributed by atoms with Crippen LogP contribution in [0.25, 0.3) is 15.9 Å². The van der Waals surface area contributed by atoms with E-state index in [4.69, 9.17) is 4.74 Å². The summed E-state index contributed by atoms with van der Waals surface area (Å²) in [6.45, 7) is 1.57. The summed E-state index contributed by atoms with van der Waals surface area (Å²) >= 11 is 1.18. The highest BCUT2D eigenvalue weighted by Gasteiger charge is 2.18. The minimum atomic E-state index is -0.661. The van der Waals surface area contributed by atoms with Crippen molar-refractivity contribution in [2.24, 2.45) is 0 Å². The van der Waals surface area contributed by atoms with Gasteiger partial charge in [0, 0.05) is 6.54 Å². The molecule has 0 aliphatic carbocycles. The number of hydrogen-bond donors (Lipinski definition) is 1. The molecule has 0 radical (unpaired) electrons. The maximum Gasteiger partial charge on any atom is 0.336 e. The van der Waals surface area contributed by atoms with Crippen LogP contribution in [-0.2, 0) is 17.9 Å². The van der Waals surface area contributed by atoms with Crippen LogP contribution in [0.4, 0.5) is 4.39 Å². The van der Waals surface area contributed by atoms with Gasteiger partial charge in [0.15, 0.2) is 0 Å². The molecule has 1 N–H and O–H groups in total. The fraction of sp³-hybridized carbons (Fsp3) is 0.174. The Balaban J connectivity index is 1.66. The zero-order valence-corrected chi connectivity index (χ0v) is 18.2. The highest BCUT2D eigenvalue weighted by Crippen LogP contribution is 2.17. The van der Waals surface area contributed by atoms with Crippen LogP contribution in [-0.4, -0.2) is 22.2 Å². The van der Waals surface area contributed by atoms with Gasteiger partial charge in [0.2, 0.25) is 5.91 Å². The SMILES string of the molecule is COc1ccc(CNC(=O)Cn2c(=O)n(-c3ccc(F)c(C)c3)c(=O)c3sccc32)cc1. The zero-order valence-electron chi connectivity index (χ0n) is 17.4. The molecule has 0 saturated heterocycles. The van der Waals surface area contributed by atoms with Crippen LogP contribution in [0.2, 0.25) is 0 Å². The van der Waals surface area contributed by atoms with Crippen LogP contribution in [0, 0.1) is 12.7 Å². The number of aromatic nitrogens is 2. The summed E-state index contributed by atoms with van der Waals surface area (Å²) in [6.07, 6.45) is 0. The number of rotatable bonds is 6. The third-order valence-electron chi connectivity index (χ3n) is 5.10. The first kappa shape index (κ1) is 21.5. The van der Waals surface area contributed by atoms with Crippen LogP contribution < -0.4 is 21.3 Å². The Morgan fingerprint density at radius 2 is 1.88 bits per heavy atom. The number of hydrogen-bond acceptors (Lipinski definition) is 5. The number of nitrogens with zero attached hydrogens (tertiary/aromatic N) is 2. The first-order valence-corrected chi connectivity index (χ1v) is 10.7. The Morgan fingerprint density at radius 3 is 2.56 bits per heavy atom. The number of halogens is 1. The number of thiophene rings is 1. The summed E-state index contributed by atoms with van der Waals surface area (Å²) in [5.74, 6) is -0.0992. The normalized spacial score (nSPS) is 11.0. The smallest absolute Gasteiger partial charge is 0.336 e. The van der Waals surface area contributed by atoms with Gasteiger partial charge in [-0.15, -0.1) is 11.3 Å². The zero-order chi connectivity index (χ0) is 22.8. The van der Waals surface area contributed by atoms with Crippen molar-refractivity contribution >= 4 is 27.5 Å². The molecule has 4 aromatic rings. The van der Waals surface area contributed by atoms with E-state index in [0.29, 0.717) is 21.5 Å². The molecule has 32 heavy (non-hydrogen) atoms. The topological polar surface area (TPSA) is 82.3 Å². The average molecular weight is 453 g/mol. The van der Waals surface area contributed by atoms with E-state index in [1.165, 1.54) is 34.1 Å². The van der Waals surface area contributed by atoms with Crippen LogP contribution in [0.5, 0.6) is 5.75 Å². The second-order valence-corrected chi connectivity index (χ2v) is 8.12. The maximum atomic E-state index is 13.7. The fourth-order valence-electron chi connectivity index (χ4n) is 3.38. The maximum absolute atomic E-state index is 13.7. The molecule has 2 aromatic carbocycles. The summed E-state index contributed by atoms with van der Waals surface area (Å²) in [7, 11) is 1.58. The lowest BCUT2D eigenvalue weighted by molar-refractivity contribution is -0.121. The predicted molar refractivity (Wildman–Crippen MR) is 121 cm³/mol. The van der Waals surface area contributed by atoms with Gasteiger partial charge in [-0.05, 0) is 59.8 Å². The van der Waals surface area contributed by atoms with E-state index in [1.807, 2.05) is 12.1 Å². The number of carbonyl (C=O) groups excluding carboxylic acids is 1. The summed E-state index contributed by atoms with van der Waals surface area (Å²) < 4.78 is 21.4. The number of methoxy groups -OCH3 is 1. The molecular formula is C23H20FN3O4S. The van der Waals surface area contributed by atoms with Crippen molar-refractivity contribution < 1.29 is 13.9 Å². The molecule has 0 unspecified atom stereocenters. The quantitative estimate of drug-likeness (QED) is 0.487. The van der Waals surface area contributed by atoms with Crippen molar-refractivity contribution in [3.63, 3.8) is 0 Å². The van der Waals surface area contributed by atoms with Crippen molar-refractivity contribution in [2.75, 3.05) is 7.11 Å².